The average Bonchev–Trinajstić information content (AvgIpc) is 3.58. The fourth-order valence-electron chi connectivity index (χ4n) is 4.72. The fourth-order valence-corrected chi connectivity index (χ4v) is 4.72. The summed E-state index contributed by atoms with van der Waals surface area (Å²) in [6, 6.07) is 19.3. The lowest BCUT2D eigenvalue weighted by Gasteiger charge is -2.28. The summed E-state index contributed by atoms with van der Waals surface area (Å²) in [5, 5.41) is 14.2. The maximum Gasteiger partial charge on any atom is 0.219 e. The van der Waals surface area contributed by atoms with Crippen LogP contribution in [0, 0.1) is 0 Å². The van der Waals surface area contributed by atoms with E-state index in [1.807, 2.05) is 23.1 Å². The first kappa shape index (κ1) is 18.7. The zero-order valence-corrected chi connectivity index (χ0v) is 17.0. The van der Waals surface area contributed by atoms with Gasteiger partial charge in [0.05, 0.1) is 0 Å². The van der Waals surface area contributed by atoms with Gasteiger partial charge in [-0.25, -0.2) is 0 Å². The number of hydrogen-bond donors (Lipinski definition) is 2. The molecule has 2 atom stereocenters. The van der Waals surface area contributed by atoms with E-state index in [-0.39, 0.29) is 11.7 Å². The molecular weight excluding hydrogens is 374 g/mol. The number of carbonyl (C=O) groups is 1. The largest absolute Gasteiger partial charge is 0.409 e. The van der Waals surface area contributed by atoms with Crippen LogP contribution < -0.4 is 5.73 Å². The van der Waals surface area contributed by atoms with E-state index in [0.29, 0.717) is 11.8 Å². The molecule has 2 unspecified atom stereocenters. The van der Waals surface area contributed by atoms with Crippen LogP contribution >= 0.6 is 0 Å². The van der Waals surface area contributed by atoms with Gasteiger partial charge in [0.2, 0.25) is 5.91 Å². The molecule has 0 spiro atoms. The number of hydrogen-bond acceptors (Lipinski definition) is 3. The summed E-state index contributed by atoms with van der Waals surface area (Å²) in [5.41, 5.74) is 11.9. The van der Waals surface area contributed by atoms with E-state index in [0.717, 1.165) is 30.5 Å². The van der Waals surface area contributed by atoms with Gasteiger partial charge in [-0.2, -0.15) is 0 Å². The molecule has 1 heterocycles. The first-order chi connectivity index (χ1) is 14.5. The van der Waals surface area contributed by atoms with Gasteiger partial charge in [0.25, 0.3) is 0 Å². The molecular formula is C25H25N3O2. The van der Waals surface area contributed by atoms with Crippen molar-refractivity contribution in [3.8, 4) is 0 Å². The Kier molecular flexibility index (Phi) is 4.46. The van der Waals surface area contributed by atoms with Gasteiger partial charge < -0.3 is 15.8 Å². The van der Waals surface area contributed by atoms with E-state index in [1.54, 1.807) is 6.92 Å². The molecule has 1 aliphatic heterocycles. The predicted molar refractivity (Wildman–Crippen MR) is 118 cm³/mol. The number of amides is 1. The van der Waals surface area contributed by atoms with Crippen molar-refractivity contribution in [1.29, 1.82) is 0 Å². The molecule has 3 N–H and O–H groups in total. The predicted octanol–water partition coefficient (Wildman–Crippen LogP) is 4.11. The Labute approximate surface area is 175 Å². The molecule has 30 heavy (non-hydrogen) atoms. The topological polar surface area (TPSA) is 78.9 Å². The van der Waals surface area contributed by atoms with Gasteiger partial charge in [0.15, 0.2) is 5.84 Å². The summed E-state index contributed by atoms with van der Waals surface area (Å²) in [5.74, 6) is 1.40. The minimum atomic E-state index is 0.127. The van der Waals surface area contributed by atoms with Gasteiger partial charge in [-0.05, 0) is 63.8 Å². The van der Waals surface area contributed by atoms with E-state index >= 15 is 0 Å². The highest BCUT2D eigenvalue weighted by Crippen LogP contribution is 2.55. The Hall–Kier alpha value is -3.34. The van der Waals surface area contributed by atoms with Crippen LogP contribution in [0.25, 0.3) is 10.8 Å². The zero-order chi connectivity index (χ0) is 20.8. The van der Waals surface area contributed by atoms with Gasteiger partial charge in [-0.1, -0.05) is 53.7 Å². The van der Waals surface area contributed by atoms with Crippen LogP contribution in [0.2, 0.25) is 0 Å². The van der Waals surface area contributed by atoms with Crippen molar-refractivity contribution in [2.24, 2.45) is 10.9 Å². The molecule has 0 saturated heterocycles. The highest BCUT2D eigenvalue weighted by Gasteiger charge is 2.39. The van der Waals surface area contributed by atoms with E-state index in [1.165, 1.54) is 34.1 Å². The number of rotatable bonds is 3. The molecule has 1 aliphatic carbocycles. The lowest BCUT2D eigenvalue weighted by Crippen LogP contribution is -2.34. The lowest BCUT2D eigenvalue weighted by molar-refractivity contribution is -0.129. The standard InChI is InChI=1S/C25H25N3O2/c1-15(29)28-9-8-18-11-20(5-7-22(18)14-28)24-13-23(24)19-4-2-17-12-21(25(26)27-30)6-3-16(17)10-19/h2-7,10-12,23-24,30H,8-9,13-14H2,1H3,(H2,26,27). The van der Waals surface area contributed by atoms with E-state index < -0.39 is 0 Å². The summed E-state index contributed by atoms with van der Waals surface area (Å²) in [6.45, 7) is 3.20. The minimum absolute atomic E-state index is 0.127. The Morgan fingerprint density at radius 3 is 2.47 bits per heavy atom. The van der Waals surface area contributed by atoms with Crippen LogP contribution in [-0.2, 0) is 17.8 Å². The van der Waals surface area contributed by atoms with Crippen LogP contribution in [0.3, 0.4) is 0 Å². The molecule has 1 fully saturated rings. The molecule has 0 bridgehead atoms. The third kappa shape index (κ3) is 3.30. The van der Waals surface area contributed by atoms with Crippen molar-refractivity contribution in [1.82, 2.24) is 4.90 Å². The van der Waals surface area contributed by atoms with Crippen LogP contribution in [0.1, 0.15) is 53.0 Å². The lowest BCUT2D eigenvalue weighted by atomic mass is 9.94. The maximum absolute atomic E-state index is 11.7. The summed E-state index contributed by atoms with van der Waals surface area (Å²) >= 11 is 0. The number of nitrogens with zero attached hydrogens (tertiary/aromatic N) is 2. The second-order valence-electron chi connectivity index (χ2n) is 8.47. The van der Waals surface area contributed by atoms with Crippen molar-refractivity contribution >= 4 is 22.5 Å². The molecule has 1 amide bonds. The van der Waals surface area contributed by atoms with Gasteiger partial charge in [-0.15, -0.1) is 0 Å². The van der Waals surface area contributed by atoms with Crippen molar-refractivity contribution in [3.05, 3.63) is 82.4 Å². The Bertz CT molecular complexity index is 1180. The van der Waals surface area contributed by atoms with Gasteiger partial charge in [0, 0.05) is 25.6 Å². The van der Waals surface area contributed by atoms with Gasteiger partial charge in [-0.3, -0.25) is 4.79 Å². The number of carbonyl (C=O) groups excluding carboxylic acids is 1. The first-order valence-electron chi connectivity index (χ1n) is 10.4. The number of amidine groups is 1. The number of fused-ring (bicyclic) bond motifs is 2. The van der Waals surface area contributed by atoms with Crippen LogP contribution in [0.4, 0.5) is 0 Å². The van der Waals surface area contributed by atoms with Crippen LogP contribution in [-0.4, -0.2) is 28.4 Å². The fraction of sp³-hybridized carbons (Fsp3) is 0.280. The second-order valence-corrected chi connectivity index (χ2v) is 8.47. The van der Waals surface area contributed by atoms with E-state index in [2.05, 4.69) is 41.6 Å². The quantitative estimate of drug-likeness (QED) is 0.301. The number of oxime groups is 1. The van der Waals surface area contributed by atoms with Crippen LogP contribution in [0.15, 0.2) is 59.8 Å². The maximum atomic E-state index is 11.7. The van der Waals surface area contributed by atoms with Crippen molar-refractivity contribution < 1.29 is 10.0 Å². The summed E-state index contributed by atoms with van der Waals surface area (Å²) in [7, 11) is 0. The summed E-state index contributed by atoms with van der Waals surface area (Å²) in [4.78, 5) is 13.6. The second kappa shape index (κ2) is 7.17. The minimum Gasteiger partial charge on any atom is -0.409 e. The SMILES string of the molecule is CC(=O)N1CCc2cc(C3CC3c3ccc4cc(C(N)=NO)ccc4c3)ccc2C1. The van der Waals surface area contributed by atoms with Crippen molar-refractivity contribution in [2.75, 3.05) is 6.54 Å². The third-order valence-electron chi connectivity index (χ3n) is 6.60. The smallest absolute Gasteiger partial charge is 0.219 e. The molecule has 5 nitrogen and oxygen atoms in total. The van der Waals surface area contributed by atoms with Crippen LogP contribution in [0.5, 0.6) is 0 Å². The molecule has 3 aromatic carbocycles. The van der Waals surface area contributed by atoms with Gasteiger partial charge >= 0.3 is 0 Å². The molecule has 0 aromatic heterocycles. The monoisotopic (exact) mass is 399 g/mol. The Morgan fingerprint density at radius 2 is 1.70 bits per heavy atom. The molecule has 152 valence electrons. The number of nitrogens with two attached hydrogens (primary N) is 1. The normalized spacial score (nSPS) is 20.8. The third-order valence-corrected chi connectivity index (χ3v) is 6.60. The summed E-state index contributed by atoms with van der Waals surface area (Å²) in [6.07, 6.45) is 2.12. The molecule has 2 aliphatic rings. The van der Waals surface area contributed by atoms with Crippen molar-refractivity contribution in [3.63, 3.8) is 0 Å². The van der Waals surface area contributed by atoms with Gasteiger partial charge in [0.1, 0.15) is 0 Å². The molecule has 0 radical (unpaired) electrons. The molecule has 1 saturated carbocycles. The van der Waals surface area contributed by atoms with E-state index in [4.69, 9.17) is 10.9 Å². The number of benzene rings is 3. The highest BCUT2D eigenvalue weighted by molar-refractivity contribution is 6.00. The average molecular weight is 399 g/mol. The van der Waals surface area contributed by atoms with E-state index in [9.17, 15) is 4.79 Å². The Balaban J connectivity index is 1.35. The molecule has 3 aromatic rings. The molecule has 5 rings (SSSR count). The molecule has 5 heteroatoms. The summed E-state index contributed by atoms with van der Waals surface area (Å²) < 4.78 is 0. The zero-order valence-electron chi connectivity index (χ0n) is 17.0. The highest BCUT2D eigenvalue weighted by atomic mass is 16.4. The van der Waals surface area contributed by atoms with Crippen molar-refractivity contribution in [2.45, 2.75) is 38.1 Å². The first-order valence-corrected chi connectivity index (χ1v) is 10.4. The Morgan fingerprint density at radius 1 is 1.00 bits per heavy atom.